The average Bonchev–Trinajstić information content (AvgIpc) is 2.25. The number of amides is 2. The topological polar surface area (TPSA) is 74.7 Å². The molecule has 1 aliphatic heterocycles. The first-order chi connectivity index (χ1) is 8.00. The number of aliphatic carboxylic acids is 1. The molecule has 0 spiro atoms. The smallest absolute Gasteiger partial charge is 0.303 e. The van der Waals surface area contributed by atoms with Crippen LogP contribution < -0.4 is 0 Å². The Morgan fingerprint density at radius 3 is 2.47 bits per heavy atom. The maximum atomic E-state index is 11.5. The lowest BCUT2D eigenvalue weighted by Crippen LogP contribution is -2.43. The Morgan fingerprint density at radius 1 is 1.35 bits per heavy atom. The van der Waals surface area contributed by atoms with Crippen molar-refractivity contribution in [1.29, 1.82) is 0 Å². The van der Waals surface area contributed by atoms with Crippen LogP contribution in [0.25, 0.3) is 0 Å². The van der Waals surface area contributed by atoms with Gasteiger partial charge in [-0.25, -0.2) is 0 Å². The molecule has 0 aliphatic carbocycles. The monoisotopic (exact) mass is 259 g/mol. The molecule has 0 radical (unpaired) electrons. The van der Waals surface area contributed by atoms with Gasteiger partial charge in [-0.15, -0.1) is 11.8 Å². The zero-order chi connectivity index (χ0) is 12.8. The van der Waals surface area contributed by atoms with Crippen LogP contribution in [0, 0.1) is 5.92 Å². The Hall–Kier alpha value is -1.04. The molecule has 1 heterocycles. The standard InChI is InChI=1S/C11H17NO4S/c1-8(2-3-11(15)16)4-5-12-9(13)6-17-7-10(12)14/h8H,2-7H2,1H3,(H,15,16). The van der Waals surface area contributed by atoms with E-state index in [0.29, 0.717) is 30.9 Å². The van der Waals surface area contributed by atoms with E-state index in [4.69, 9.17) is 5.11 Å². The summed E-state index contributed by atoms with van der Waals surface area (Å²) in [7, 11) is 0. The average molecular weight is 259 g/mol. The van der Waals surface area contributed by atoms with Crippen LogP contribution in [0.2, 0.25) is 0 Å². The van der Waals surface area contributed by atoms with Gasteiger partial charge < -0.3 is 5.11 Å². The van der Waals surface area contributed by atoms with Crippen molar-refractivity contribution >= 4 is 29.5 Å². The highest BCUT2D eigenvalue weighted by Crippen LogP contribution is 2.16. The van der Waals surface area contributed by atoms with Gasteiger partial charge >= 0.3 is 5.97 Å². The first kappa shape index (κ1) is 14.0. The Kier molecular flexibility index (Phi) is 5.47. The van der Waals surface area contributed by atoms with Crippen LogP contribution in [0.1, 0.15) is 26.2 Å². The normalized spacial score (nSPS) is 18.3. The molecular weight excluding hydrogens is 242 g/mol. The summed E-state index contributed by atoms with van der Waals surface area (Å²) in [6, 6.07) is 0. The number of rotatable bonds is 6. The minimum absolute atomic E-state index is 0.128. The third kappa shape index (κ3) is 4.77. The van der Waals surface area contributed by atoms with E-state index < -0.39 is 5.97 Å². The van der Waals surface area contributed by atoms with Crippen LogP contribution in [0.5, 0.6) is 0 Å². The van der Waals surface area contributed by atoms with Gasteiger partial charge in [-0.1, -0.05) is 6.92 Å². The van der Waals surface area contributed by atoms with Gasteiger partial charge in [0, 0.05) is 13.0 Å². The Balaban J connectivity index is 2.30. The van der Waals surface area contributed by atoms with Crippen molar-refractivity contribution in [2.75, 3.05) is 18.1 Å². The van der Waals surface area contributed by atoms with Crippen LogP contribution in [0.3, 0.4) is 0 Å². The van der Waals surface area contributed by atoms with E-state index in [0.717, 1.165) is 0 Å². The Morgan fingerprint density at radius 2 is 1.94 bits per heavy atom. The molecule has 1 fully saturated rings. The van der Waals surface area contributed by atoms with E-state index in [1.165, 1.54) is 16.7 Å². The fourth-order valence-corrected chi connectivity index (χ4v) is 2.40. The van der Waals surface area contributed by atoms with Gasteiger partial charge in [0.25, 0.3) is 0 Å². The van der Waals surface area contributed by atoms with Gasteiger partial charge in [0.1, 0.15) is 0 Å². The number of hydrogen-bond acceptors (Lipinski definition) is 4. The molecule has 2 amide bonds. The van der Waals surface area contributed by atoms with Gasteiger partial charge in [0.2, 0.25) is 11.8 Å². The molecule has 96 valence electrons. The zero-order valence-corrected chi connectivity index (χ0v) is 10.7. The van der Waals surface area contributed by atoms with Gasteiger partial charge in [-0.2, -0.15) is 0 Å². The first-order valence-electron chi connectivity index (χ1n) is 5.63. The minimum Gasteiger partial charge on any atom is -0.481 e. The highest BCUT2D eigenvalue weighted by atomic mass is 32.2. The molecule has 1 atom stereocenters. The summed E-state index contributed by atoms with van der Waals surface area (Å²) in [4.78, 5) is 34.6. The summed E-state index contributed by atoms with van der Waals surface area (Å²) >= 11 is 1.34. The maximum absolute atomic E-state index is 11.5. The van der Waals surface area contributed by atoms with Gasteiger partial charge in [0.15, 0.2) is 0 Å². The van der Waals surface area contributed by atoms with E-state index in [1.54, 1.807) is 0 Å². The van der Waals surface area contributed by atoms with Crippen molar-refractivity contribution in [3.05, 3.63) is 0 Å². The fourth-order valence-electron chi connectivity index (χ4n) is 1.63. The van der Waals surface area contributed by atoms with Crippen LogP contribution in [-0.4, -0.2) is 45.8 Å². The molecule has 0 saturated carbocycles. The molecular formula is C11H17NO4S. The third-order valence-corrected chi connectivity index (χ3v) is 3.65. The second-order valence-electron chi connectivity index (χ2n) is 4.26. The summed E-state index contributed by atoms with van der Waals surface area (Å²) in [6.45, 7) is 2.36. The molecule has 17 heavy (non-hydrogen) atoms. The number of nitrogens with zero attached hydrogens (tertiary/aromatic N) is 1. The number of carboxylic acids is 1. The van der Waals surface area contributed by atoms with Crippen molar-refractivity contribution < 1.29 is 19.5 Å². The third-order valence-electron chi connectivity index (χ3n) is 2.75. The molecule has 1 unspecified atom stereocenters. The predicted octanol–water partition coefficient (Wildman–Crippen LogP) is 0.979. The number of carbonyl (C=O) groups excluding carboxylic acids is 2. The van der Waals surface area contributed by atoms with Crippen molar-refractivity contribution in [3.63, 3.8) is 0 Å². The lowest BCUT2D eigenvalue weighted by atomic mass is 10.0. The van der Waals surface area contributed by atoms with Crippen molar-refractivity contribution in [2.45, 2.75) is 26.2 Å². The number of hydrogen-bond donors (Lipinski definition) is 1. The SMILES string of the molecule is CC(CCC(=O)O)CCN1C(=O)CSCC1=O. The molecule has 0 aromatic carbocycles. The van der Waals surface area contributed by atoms with E-state index in [1.807, 2.05) is 6.92 Å². The molecule has 1 aliphatic rings. The molecule has 0 bridgehead atoms. The second-order valence-corrected chi connectivity index (χ2v) is 5.24. The molecule has 6 heteroatoms. The molecule has 1 saturated heterocycles. The van der Waals surface area contributed by atoms with Crippen LogP contribution >= 0.6 is 11.8 Å². The van der Waals surface area contributed by atoms with E-state index in [-0.39, 0.29) is 24.2 Å². The molecule has 1 rings (SSSR count). The second kappa shape index (κ2) is 6.64. The van der Waals surface area contributed by atoms with Crippen LogP contribution in [0.4, 0.5) is 0 Å². The van der Waals surface area contributed by atoms with Crippen molar-refractivity contribution in [2.24, 2.45) is 5.92 Å². The summed E-state index contributed by atoms with van der Waals surface area (Å²) in [6.07, 6.45) is 1.40. The molecule has 0 aromatic heterocycles. The highest BCUT2D eigenvalue weighted by molar-refractivity contribution is 8.00. The summed E-state index contributed by atoms with van der Waals surface area (Å²) in [5, 5.41) is 8.54. The van der Waals surface area contributed by atoms with Crippen molar-refractivity contribution in [3.8, 4) is 0 Å². The fraction of sp³-hybridized carbons (Fsp3) is 0.727. The van der Waals surface area contributed by atoms with Crippen LogP contribution in [0.15, 0.2) is 0 Å². The van der Waals surface area contributed by atoms with Gasteiger partial charge in [-0.05, 0) is 18.8 Å². The van der Waals surface area contributed by atoms with Gasteiger partial charge in [-0.3, -0.25) is 19.3 Å². The lowest BCUT2D eigenvalue weighted by molar-refractivity contribution is -0.142. The number of carbonyl (C=O) groups is 3. The van der Waals surface area contributed by atoms with Crippen molar-refractivity contribution in [1.82, 2.24) is 4.90 Å². The first-order valence-corrected chi connectivity index (χ1v) is 6.79. The quantitative estimate of drug-likeness (QED) is 0.720. The Bertz CT molecular complexity index is 303. The van der Waals surface area contributed by atoms with E-state index in [9.17, 15) is 14.4 Å². The minimum atomic E-state index is -0.807. The number of imide groups is 1. The number of thioether (sulfide) groups is 1. The van der Waals surface area contributed by atoms with E-state index >= 15 is 0 Å². The summed E-state index contributed by atoms with van der Waals surface area (Å²) in [5.41, 5.74) is 0. The van der Waals surface area contributed by atoms with E-state index in [2.05, 4.69) is 0 Å². The largest absolute Gasteiger partial charge is 0.481 e. The lowest BCUT2D eigenvalue weighted by Gasteiger charge is -2.25. The maximum Gasteiger partial charge on any atom is 0.303 e. The number of carboxylic acid groups (broad SMARTS) is 1. The molecule has 5 nitrogen and oxygen atoms in total. The summed E-state index contributed by atoms with van der Waals surface area (Å²) in [5.74, 6) is -0.113. The summed E-state index contributed by atoms with van der Waals surface area (Å²) < 4.78 is 0. The zero-order valence-electron chi connectivity index (χ0n) is 9.85. The van der Waals surface area contributed by atoms with Crippen LogP contribution in [-0.2, 0) is 14.4 Å². The highest BCUT2D eigenvalue weighted by Gasteiger charge is 2.26. The van der Waals surface area contributed by atoms with Gasteiger partial charge in [0.05, 0.1) is 11.5 Å². The molecule has 1 N–H and O–H groups in total. The molecule has 0 aromatic rings. The predicted molar refractivity (Wildman–Crippen MR) is 64.7 cm³/mol. The Labute approximate surface area is 105 Å².